The van der Waals surface area contributed by atoms with E-state index >= 15 is 0 Å². The summed E-state index contributed by atoms with van der Waals surface area (Å²) in [4.78, 5) is 25.9. The SMILES string of the molecule is O=C(NNC(=O)c1cc(F)ccc1Br)c1ccc(Cn2nnc(-c3ccccc3)n2)cc1. The van der Waals surface area contributed by atoms with Crippen LogP contribution in [0.25, 0.3) is 11.4 Å². The molecule has 0 saturated heterocycles. The second-order valence-corrected chi connectivity index (χ2v) is 7.59. The van der Waals surface area contributed by atoms with Gasteiger partial charge in [-0.2, -0.15) is 4.80 Å². The summed E-state index contributed by atoms with van der Waals surface area (Å²) in [6.07, 6.45) is 0. The highest BCUT2D eigenvalue weighted by atomic mass is 79.9. The Balaban J connectivity index is 1.35. The molecule has 1 heterocycles. The zero-order chi connectivity index (χ0) is 22.5. The van der Waals surface area contributed by atoms with Crippen molar-refractivity contribution in [3.8, 4) is 11.4 Å². The fourth-order valence-electron chi connectivity index (χ4n) is 2.86. The number of hydrazine groups is 1. The maximum Gasteiger partial charge on any atom is 0.270 e. The molecule has 0 saturated carbocycles. The first-order valence-electron chi connectivity index (χ1n) is 9.47. The van der Waals surface area contributed by atoms with Gasteiger partial charge in [0.1, 0.15) is 5.82 Å². The first-order chi connectivity index (χ1) is 15.5. The minimum absolute atomic E-state index is 0.0656. The molecule has 0 bridgehead atoms. The molecule has 0 radical (unpaired) electrons. The third-order valence-electron chi connectivity index (χ3n) is 4.49. The van der Waals surface area contributed by atoms with Crippen molar-refractivity contribution in [2.24, 2.45) is 0 Å². The molecule has 0 fully saturated rings. The Morgan fingerprint density at radius 2 is 1.66 bits per heavy atom. The lowest BCUT2D eigenvalue weighted by Gasteiger charge is -2.09. The number of hydrogen-bond donors (Lipinski definition) is 2. The third kappa shape index (κ3) is 5.03. The van der Waals surface area contributed by atoms with Gasteiger partial charge in [-0.15, -0.1) is 10.2 Å². The molecule has 4 rings (SSSR count). The molecule has 2 N–H and O–H groups in total. The maximum atomic E-state index is 13.4. The van der Waals surface area contributed by atoms with Crippen LogP contribution in [-0.2, 0) is 6.54 Å². The standard InChI is InChI=1S/C22H16BrFN6O2/c23-19-11-10-17(24)12-18(19)22(32)27-26-21(31)16-8-6-14(7-9-16)13-30-28-20(25-29-30)15-4-2-1-3-5-15/h1-12H,13H2,(H,26,31)(H,27,32). The van der Waals surface area contributed by atoms with Gasteiger partial charge >= 0.3 is 0 Å². The van der Waals surface area contributed by atoms with Crippen molar-refractivity contribution in [1.82, 2.24) is 31.1 Å². The topological polar surface area (TPSA) is 102 Å². The Labute approximate surface area is 190 Å². The van der Waals surface area contributed by atoms with E-state index < -0.39 is 17.6 Å². The number of nitrogens with one attached hydrogen (secondary N) is 2. The molecule has 0 aliphatic rings. The molecule has 0 atom stereocenters. The molecular weight excluding hydrogens is 479 g/mol. The van der Waals surface area contributed by atoms with E-state index in [0.717, 1.165) is 17.2 Å². The van der Waals surface area contributed by atoms with Crippen LogP contribution in [0.2, 0.25) is 0 Å². The van der Waals surface area contributed by atoms with Gasteiger partial charge in [0.15, 0.2) is 0 Å². The molecule has 4 aromatic rings. The highest BCUT2D eigenvalue weighted by Gasteiger charge is 2.13. The minimum atomic E-state index is -0.646. The molecule has 0 aliphatic heterocycles. The van der Waals surface area contributed by atoms with Gasteiger partial charge in [0.25, 0.3) is 11.8 Å². The van der Waals surface area contributed by atoms with Gasteiger partial charge in [-0.25, -0.2) is 4.39 Å². The third-order valence-corrected chi connectivity index (χ3v) is 5.18. The number of carbonyl (C=O) groups is 2. The molecule has 3 aromatic carbocycles. The van der Waals surface area contributed by atoms with Crippen molar-refractivity contribution in [2.75, 3.05) is 0 Å². The van der Waals surface area contributed by atoms with Gasteiger partial charge in [0.05, 0.1) is 12.1 Å². The Kier molecular flexibility index (Phi) is 6.31. The molecule has 1 aromatic heterocycles. The number of carbonyl (C=O) groups excluding carboxylic acids is 2. The van der Waals surface area contributed by atoms with E-state index in [2.05, 4.69) is 42.2 Å². The summed E-state index contributed by atoms with van der Waals surface area (Å²) in [5, 5.41) is 12.5. The molecule has 2 amide bonds. The molecule has 0 spiro atoms. The Hall–Kier alpha value is -3.92. The first-order valence-corrected chi connectivity index (χ1v) is 10.3. The monoisotopic (exact) mass is 494 g/mol. The Morgan fingerprint density at radius 3 is 2.41 bits per heavy atom. The van der Waals surface area contributed by atoms with Crippen molar-refractivity contribution in [2.45, 2.75) is 6.54 Å². The van der Waals surface area contributed by atoms with Crippen LogP contribution in [-0.4, -0.2) is 32.0 Å². The van der Waals surface area contributed by atoms with Crippen molar-refractivity contribution in [3.63, 3.8) is 0 Å². The van der Waals surface area contributed by atoms with E-state index in [0.29, 0.717) is 22.4 Å². The van der Waals surface area contributed by atoms with Crippen LogP contribution < -0.4 is 10.9 Å². The van der Waals surface area contributed by atoms with Gasteiger partial charge in [-0.1, -0.05) is 42.5 Å². The largest absolute Gasteiger partial charge is 0.270 e. The van der Waals surface area contributed by atoms with Crippen LogP contribution in [0.3, 0.4) is 0 Å². The summed E-state index contributed by atoms with van der Waals surface area (Å²) < 4.78 is 13.8. The average Bonchev–Trinajstić information content (AvgIpc) is 3.28. The quantitative estimate of drug-likeness (QED) is 0.414. The summed E-state index contributed by atoms with van der Waals surface area (Å²) in [6.45, 7) is 0.381. The molecule has 32 heavy (non-hydrogen) atoms. The summed E-state index contributed by atoms with van der Waals surface area (Å²) in [6, 6.07) is 20.0. The predicted molar refractivity (Wildman–Crippen MR) is 118 cm³/mol. The van der Waals surface area contributed by atoms with Crippen molar-refractivity contribution in [3.05, 3.63) is 99.8 Å². The second-order valence-electron chi connectivity index (χ2n) is 6.74. The molecule has 8 nitrogen and oxygen atoms in total. The average molecular weight is 495 g/mol. The first kappa shape index (κ1) is 21.3. The number of benzene rings is 3. The van der Waals surface area contributed by atoms with Crippen LogP contribution in [0.5, 0.6) is 0 Å². The lowest BCUT2D eigenvalue weighted by molar-refractivity contribution is 0.0846. The van der Waals surface area contributed by atoms with Crippen LogP contribution in [0.4, 0.5) is 4.39 Å². The van der Waals surface area contributed by atoms with Crippen molar-refractivity contribution >= 4 is 27.7 Å². The molecule has 0 unspecified atom stereocenters. The molecule has 160 valence electrons. The summed E-state index contributed by atoms with van der Waals surface area (Å²) >= 11 is 3.18. The van der Waals surface area contributed by atoms with Crippen molar-refractivity contribution < 1.29 is 14.0 Å². The fourth-order valence-corrected chi connectivity index (χ4v) is 3.29. The number of rotatable bonds is 5. The highest BCUT2D eigenvalue weighted by Crippen LogP contribution is 2.17. The molecular formula is C22H16BrFN6O2. The second kappa shape index (κ2) is 9.48. The molecule has 0 aliphatic carbocycles. The van der Waals surface area contributed by atoms with E-state index in [1.807, 2.05) is 30.3 Å². The van der Waals surface area contributed by atoms with Gasteiger partial charge in [-0.05, 0) is 57.0 Å². The fraction of sp³-hybridized carbons (Fsp3) is 0.0455. The van der Waals surface area contributed by atoms with E-state index in [9.17, 15) is 14.0 Å². The van der Waals surface area contributed by atoms with Crippen LogP contribution in [0.15, 0.2) is 77.3 Å². The lowest BCUT2D eigenvalue weighted by Crippen LogP contribution is -2.41. The normalized spacial score (nSPS) is 10.6. The van der Waals surface area contributed by atoms with Crippen LogP contribution >= 0.6 is 15.9 Å². The number of tetrazole rings is 1. The van der Waals surface area contributed by atoms with E-state index in [1.165, 1.54) is 16.9 Å². The van der Waals surface area contributed by atoms with Gasteiger partial charge in [0.2, 0.25) is 5.82 Å². The predicted octanol–water partition coefficient (Wildman–Crippen LogP) is 3.36. The van der Waals surface area contributed by atoms with E-state index in [4.69, 9.17) is 0 Å². The zero-order valence-corrected chi connectivity index (χ0v) is 18.1. The van der Waals surface area contributed by atoms with E-state index in [-0.39, 0.29) is 5.56 Å². The summed E-state index contributed by atoms with van der Waals surface area (Å²) in [5.41, 5.74) is 6.73. The van der Waals surface area contributed by atoms with Gasteiger partial charge < -0.3 is 0 Å². The van der Waals surface area contributed by atoms with E-state index in [1.54, 1.807) is 24.3 Å². The number of aromatic nitrogens is 4. The number of nitrogens with zero attached hydrogens (tertiary/aromatic N) is 4. The van der Waals surface area contributed by atoms with Crippen molar-refractivity contribution in [1.29, 1.82) is 0 Å². The highest BCUT2D eigenvalue weighted by molar-refractivity contribution is 9.10. The minimum Gasteiger partial charge on any atom is -0.267 e. The van der Waals surface area contributed by atoms with Gasteiger partial charge in [0, 0.05) is 15.6 Å². The van der Waals surface area contributed by atoms with Gasteiger partial charge in [-0.3, -0.25) is 20.4 Å². The Morgan fingerprint density at radius 1 is 0.938 bits per heavy atom. The molecule has 10 heteroatoms. The number of amides is 2. The Bertz CT molecular complexity index is 1260. The maximum absolute atomic E-state index is 13.4. The zero-order valence-electron chi connectivity index (χ0n) is 16.5. The van der Waals surface area contributed by atoms with Crippen LogP contribution in [0, 0.1) is 5.82 Å². The summed E-state index contributed by atoms with van der Waals surface area (Å²) in [7, 11) is 0. The lowest BCUT2D eigenvalue weighted by atomic mass is 10.1. The smallest absolute Gasteiger partial charge is 0.267 e. The number of halogens is 2. The number of hydrogen-bond acceptors (Lipinski definition) is 5. The summed E-state index contributed by atoms with van der Waals surface area (Å²) in [5.74, 6) is -1.18. The van der Waals surface area contributed by atoms with Crippen LogP contribution in [0.1, 0.15) is 26.3 Å².